The molecule has 1 aliphatic heterocycles. The van der Waals surface area contributed by atoms with Crippen LogP contribution in [0, 0.1) is 24.2 Å². The predicted molar refractivity (Wildman–Crippen MR) is 144 cm³/mol. The summed E-state index contributed by atoms with van der Waals surface area (Å²) in [7, 11) is 0. The first-order valence-corrected chi connectivity index (χ1v) is 13.5. The van der Waals surface area contributed by atoms with E-state index in [1.807, 2.05) is 22.9 Å². The van der Waals surface area contributed by atoms with Crippen LogP contribution < -0.4 is 5.32 Å². The maximum atomic E-state index is 13.3. The number of nitrogens with one attached hydrogen (secondary N) is 1. The molecule has 1 aliphatic carbocycles. The van der Waals surface area contributed by atoms with E-state index in [0.717, 1.165) is 63.0 Å². The highest BCUT2D eigenvalue weighted by Crippen LogP contribution is 2.34. The molecule has 0 spiro atoms. The number of anilines is 1. The maximum absolute atomic E-state index is 13.3. The number of nitrogens with zero attached hydrogens (tertiary/aromatic N) is 7. The van der Waals surface area contributed by atoms with Crippen molar-refractivity contribution in [2.75, 3.05) is 18.4 Å². The number of carbonyl (C=O) groups excluding carboxylic acids is 1. The highest BCUT2D eigenvalue weighted by atomic mass is 16.1. The standard InChI is InChI=1S/C29H32N8O/c1-20-3-7-24(8-4-20)37-27(33-29(38)25-19-32-36-14-2-13-31-28(25)36)17-26(34-37)22-11-15-35(16-12-22)23-9-5-21(18-30)6-10-23/h2-4,7-8,13-14,17,19,21-23H,5-6,9-12,15-16H2,1H3,(H,33,38). The SMILES string of the molecule is Cc1ccc(-n2nc(C3CCN(C4CCC(C#N)CC4)CC3)cc2NC(=O)c2cnn3cccnc23)cc1. The quantitative estimate of drug-likeness (QED) is 0.418. The minimum absolute atomic E-state index is 0.236. The lowest BCUT2D eigenvalue weighted by Gasteiger charge is -2.39. The molecule has 0 radical (unpaired) electrons. The van der Waals surface area contributed by atoms with Crippen LogP contribution in [-0.2, 0) is 0 Å². The van der Waals surface area contributed by atoms with Crippen LogP contribution in [0.4, 0.5) is 5.82 Å². The second-order valence-corrected chi connectivity index (χ2v) is 10.5. The Balaban J connectivity index is 1.22. The van der Waals surface area contributed by atoms with Crippen molar-refractivity contribution in [1.82, 2.24) is 29.3 Å². The monoisotopic (exact) mass is 508 g/mol. The number of nitriles is 1. The molecule has 2 aliphatic rings. The first kappa shape index (κ1) is 24.3. The fourth-order valence-corrected chi connectivity index (χ4v) is 5.87. The normalized spacial score (nSPS) is 20.8. The summed E-state index contributed by atoms with van der Waals surface area (Å²) in [5.74, 6) is 0.949. The van der Waals surface area contributed by atoms with E-state index in [4.69, 9.17) is 5.10 Å². The van der Waals surface area contributed by atoms with Gasteiger partial charge in [-0.1, -0.05) is 17.7 Å². The Labute approximate surface area is 222 Å². The zero-order valence-electron chi connectivity index (χ0n) is 21.6. The average molecular weight is 509 g/mol. The number of hydrogen-bond donors (Lipinski definition) is 1. The van der Waals surface area contributed by atoms with Crippen LogP contribution in [0.5, 0.6) is 0 Å². The summed E-state index contributed by atoms with van der Waals surface area (Å²) in [6.45, 7) is 4.14. The van der Waals surface area contributed by atoms with Crippen LogP contribution >= 0.6 is 0 Å². The van der Waals surface area contributed by atoms with E-state index in [1.54, 1.807) is 29.2 Å². The summed E-state index contributed by atoms with van der Waals surface area (Å²) in [5.41, 5.74) is 4.01. The number of likely N-dealkylation sites (tertiary alicyclic amines) is 1. The summed E-state index contributed by atoms with van der Waals surface area (Å²) >= 11 is 0. The summed E-state index contributed by atoms with van der Waals surface area (Å²) in [6.07, 6.45) is 11.3. The van der Waals surface area contributed by atoms with Gasteiger partial charge in [-0.25, -0.2) is 14.2 Å². The van der Waals surface area contributed by atoms with E-state index in [0.29, 0.717) is 29.0 Å². The minimum atomic E-state index is -0.263. The molecule has 4 aromatic rings. The third-order valence-electron chi connectivity index (χ3n) is 8.12. The van der Waals surface area contributed by atoms with Gasteiger partial charge in [0.15, 0.2) is 5.65 Å². The van der Waals surface area contributed by atoms with E-state index >= 15 is 0 Å². The van der Waals surface area contributed by atoms with Crippen molar-refractivity contribution in [3.63, 3.8) is 0 Å². The van der Waals surface area contributed by atoms with E-state index in [-0.39, 0.29) is 11.8 Å². The largest absolute Gasteiger partial charge is 0.306 e. The highest BCUT2D eigenvalue weighted by Gasteiger charge is 2.31. The molecule has 1 amide bonds. The second-order valence-electron chi connectivity index (χ2n) is 10.5. The molecule has 0 unspecified atom stereocenters. The zero-order chi connectivity index (χ0) is 26.1. The van der Waals surface area contributed by atoms with Crippen LogP contribution in [0.25, 0.3) is 11.3 Å². The van der Waals surface area contributed by atoms with E-state index in [1.165, 1.54) is 5.56 Å². The Kier molecular flexibility index (Phi) is 6.64. The predicted octanol–water partition coefficient (Wildman–Crippen LogP) is 4.74. The molecule has 38 heavy (non-hydrogen) atoms. The lowest BCUT2D eigenvalue weighted by molar-refractivity contribution is 0.102. The Morgan fingerprint density at radius 3 is 2.58 bits per heavy atom. The van der Waals surface area contributed by atoms with Gasteiger partial charge in [0.05, 0.1) is 23.6 Å². The molecule has 2 fully saturated rings. The third kappa shape index (κ3) is 4.79. The van der Waals surface area contributed by atoms with Crippen LogP contribution in [-0.4, -0.2) is 54.3 Å². The molecule has 9 nitrogen and oxygen atoms in total. The number of piperidine rings is 1. The smallest absolute Gasteiger partial charge is 0.262 e. The first-order valence-electron chi connectivity index (χ1n) is 13.5. The summed E-state index contributed by atoms with van der Waals surface area (Å²) in [4.78, 5) is 20.2. The van der Waals surface area contributed by atoms with Crippen LogP contribution in [0.15, 0.2) is 55.0 Å². The van der Waals surface area contributed by atoms with Gasteiger partial charge in [0, 0.05) is 36.3 Å². The number of benzene rings is 1. The lowest BCUT2D eigenvalue weighted by Crippen LogP contribution is -2.42. The van der Waals surface area contributed by atoms with Crippen molar-refractivity contribution in [1.29, 1.82) is 5.26 Å². The number of rotatable bonds is 5. The zero-order valence-corrected chi connectivity index (χ0v) is 21.6. The maximum Gasteiger partial charge on any atom is 0.262 e. The highest BCUT2D eigenvalue weighted by molar-refractivity contribution is 6.07. The van der Waals surface area contributed by atoms with Gasteiger partial charge in [-0.15, -0.1) is 0 Å². The number of carbonyl (C=O) groups is 1. The van der Waals surface area contributed by atoms with Gasteiger partial charge >= 0.3 is 0 Å². The van der Waals surface area contributed by atoms with E-state index < -0.39 is 0 Å². The number of aryl methyl sites for hydroxylation is 1. The molecule has 1 aromatic carbocycles. The molecular weight excluding hydrogens is 476 g/mol. The first-order chi connectivity index (χ1) is 18.6. The average Bonchev–Trinajstić information content (AvgIpc) is 3.58. The fourth-order valence-electron chi connectivity index (χ4n) is 5.87. The molecule has 0 bridgehead atoms. The van der Waals surface area contributed by atoms with Gasteiger partial charge in [0.1, 0.15) is 11.4 Å². The van der Waals surface area contributed by atoms with Gasteiger partial charge in [-0.3, -0.25) is 4.79 Å². The third-order valence-corrected chi connectivity index (χ3v) is 8.12. The van der Waals surface area contributed by atoms with Crippen molar-refractivity contribution < 1.29 is 4.79 Å². The summed E-state index contributed by atoms with van der Waals surface area (Å²) in [5, 5.41) is 21.6. The van der Waals surface area contributed by atoms with Gasteiger partial charge < -0.3 is 10.2 Å². The van der Waals surface area contributed by atoms with Gasteiger partial charge in [0.2, 0.25) is 0 Å². The summed E-state index contributed by atoms with van der Waals surface area (Å²) in [6, 6.07) is 15.0. The number of hydrogen-bond acceptors (Lipinski definition) is 6. The van der Waals surface area contributed by atoms with Gasteiger partial charge in [0.25, 0.3) is 5.91 Å². The molecule has 0 atom stereocenters. The van der Waals surface area contributed by atoms with Crippen molar-refractivity contribution in [2.45, 2.75) is 57.4 Å². The topological polar surface area (TPSA) is 104 Å². The summed E-state index contributed by atoms with van der Waals surface area (Å²) < 4.78 is 3.43. The van der Waals surface area contributed by atoms with Gasteiger partial charge in [-0.2, -0.15) is 15.5 Å². The molecule has 1 saturated carbocycles. The lowest BCUT2D eigenvalue weighted by atomic mass is 9.84. The number of fused-ring (bicyclic) bond motifs is 1. The molecule has 9 heteroatoms. The van der Waals surface area contributed by atoms with Crippen LogP contribution in [0.1, 0.15) is 66.1 Å². The van der Waals surface area contributed by atoms with Gasteiger partial charge in [-0.05, 0) is 76.7 Å². The Morgan fingerprint density at radius 1 is 1.08 bits per heavy atom. The molecule has 3 aromatic heterocycles. The van der Waals surface area contributed by atoms with Crippen molar-refractivity contribution in [3.8, 4) is 11.8 Å². The van der Waals surface area contributed by atoms with E-state index in [9.17, 15) is 10.1 Å². The molecule has 6 rings (SSSR count). The molecule has 1 saturated heterocycles. The molecular formula is C29H32N8O. The Morgan fingerprint density at radius 2 is 1.84 bits per heavy atom. The van der Waals surface area contributed by atoms with Crippen molar-refractivity contribution in [3.05, 3.63) is 71.8 Å². The molecule has 1 N–H and O–H groups in total. The number of aromatic nitrogens is 5. The van der Waals surface area contributed by atoms with E-state index in [2.05, 4.69) is 45.4 Å². The molecule has 194 valence electrons. The second kappa shape index (κ2) is 10.4. The molecule has 4 heterocycles. The van der Waals surface area contributed by atoms with Crippen molar-refractivity contribution >= 4 is 17.4 Å². The van der Waals surface area contributed by atoms with Crippen molar-refractivity contribution in [2.24, 2.45) is 5.92 Å². The van der Waals surface area contributed by atoms with Crippen LogP contribution in [0.3, 0.4) is 0 Å². The Bertz CT molecular complexity index is 1460. The number of amides is 1. The fraction of sp³-hybridized carbons (Fsp3) is 0.414. The minimum Gasteiger partial charge on any atom is -0.306 e. The Hall–Kier alpha value is -4.03. The van der Waals surface area contributed by atoms with Crippen LogP contribution in [0.2, 0.25) is 0 Å².